The zero-order valence-electron chi connectivity index (χ0n) is 21.8. The minimum atomic E-state index is -0.241. The number of hydrogen-bond acceptors (Lipinski definition) is 8. The van der Waals surface area contributed by atoms with Crippen LogP contribution in [-0.4, -0.2) is 70.4 Å². The van der Waals surface area contributed by atoms with Crippen LogP contribution in [0, 0.1) is 0 Å². The van der Waals surface area contributed by atoms with Crippen LogP contribution in [0.25, 0.3) is 0 Å². The van der Waals surface area contributed by atoms with Crippen molar-refractivity contribution in [2.24, 2.45) is 0 Å². The van der Waals surface area contributed by atoms with Crippen molar-refractivity contribution < 1.29 is 23.7 Å². The van der Waals surface area contributed by atoms with Gasteiger partial charge in [0.25, 0.3) is 5.91 Å². The second-order valence-corrected chi connectivity index (χ2v) is 8.72. The number of carbonyl (C=O) groups excluding carboxylic acids is 1. The van der Waals surface area contributed by atoms with Crippen LogP contribution in [0.5, 0.6) is 23.0 Å². The zero-order chi connectivity index (χ0) is 26.2. The Morgan fingerprint density at radius 1 is 0.838 bits per heavy atom. The molecule has 0 radical (unpaired) electrons. The lowest BCUT2D eigenvalue weighted by Gasteiger charge is -2.23. The van der Waals surface area contributed by atoms with E-state index in [-0.39, 0.29) is 5.91 Å². The SMILES string of the molecule is COc1ccc(CN2CCCN(c3ccc(NC(=O)c4ccc(OC)c(OC)c4)cn3)CC2)c(OC)c1. The monoisotopic (exact) mass is 506 g/mol. The van der Waals surface area contributed by atoms with E-state index in [1.807, 2.05) is 24.3 Å². The van der Waals surface area contributed by atoms with Gasteiger partial charge in [0.15, 0.2) is 11.5 Å². The highest BCUT2D eigenvalue weighted by molar-refractivity contribution is 6.04. The summed E-state index contributed by atoms with van der Waals surface area (Å²) in [6.07, 6.45) is 2.72. The largest absolute Gasteiger partial charge is 0.497 e. The fraction of sp³-hybridized carbons (Fsp3) is 0.357. The van der Waals surface area contributed by atoms with E-state index < -0.39 is 0 Å². The molecule has 2 aromatic carbocycles. The smallest absolute Gasteiger partial charge is 0.255 e. The van der Waals surface area contributed by atoms with Crippen molar-refractivity contribution in [1.29, 1.82) is 0 Å². The van der Waals surface area contributed by atoms with E-state index >= 15 is 0 Å². The summed E-state index contributed by atoms with van der Waals surface area (Å²) in [7, 11) is 6.45. The Labute approximate surface area is 217 Å². The molecule has 1 saturated heterocycles. The molecule has 9 heteroatoms. The molecule has 0 aliphatic carbocycles. The van der Waals surface area contributed by atoms with Gasteiger partial charge in [-0.1, -0.05) is 6.07 Å². The van der Waals surface area contributed by atoms with E-state index in [1.165, 1.54) is 0 Å². The standard InChI is InChI=1S/C28H34N4O5/c1-34-23-9-6-21(25(17-23)36-3)19-31-12-5-13-32(15-14-31)27-11-8-22(18-29-27)30-28(33)20-7-10-24(35-2)26(16-20)37-4/h6-11,16-18H,5,12-15,19H2,1-4H3,(H,30,33). The lowest BCUT2D eigenvalue weighted by Crippen LogP contribution is -2.31. The second kappa shape index (κ2) is 12.3. The Kier molecular flexibility index (Phi) is 8.68. The van der Waals surface area contributed by atoms with E-state index in [1.54, 1.807) is 52.8 Å². The number of amides is 1. The molecule has 0 spiro atoms. The number of nitrogens with one attached hydrogen (secondary N) is 1. The van der Waals surface area contributed by atoms with Crippen LogP contribution in [0.3, 0.4) is 0 Å². The first-order chi connectivity index (χ1) is 18.0. The molecule has 1 aromatic heterocycles. The predicted molar refractivity (Wildman–Crippen MR) is 143 cm³/mol. The van der Waals surface area contributed by atoms with Crippen molar-refractivity contribution in [1.82, 2.24) is 9.88 Å². The first-order valence-electron chi connectivity index (χ1n) is 12.2. The molecule has 0 unspecified atom stereocenters. The summed E-state index contributed by atoms with van der Waals surface area (Å²) >= 11 is 0. The number of hydrogen-bond donors (Lipinski definition) is 1. The molecule has 196 valence electrons. The molecule has 1 fully saturated rings. The molecule has 37 heavy (non-hydrogen) atoms. The third kappa shape index (κ3) is 6.42. The van der Waals surface area contributed by atoms with Crippen LogP contribution in [-0.2, 0) is 6.54 Å². The number of pyridine rings is 1. The Balaban J connectivity index is 1.35. The molecule has 1 amide bonds. The van der Waals surface area contributed by atoms with Gasteiger partial charge in [-0.3, -0.25) is 9.69 Å². The van der Waals surface area contributed by atoms with Crippen LogP contribution in [0.1, 0.15) is 22.3 Å². The highest BCUT2D eigenvalue weighted by Crippen LogP contribution is 2.28. The van der Waals surface area contributed by atoms with Gasteiger partial charge >= 0.3 is 0 Å². The summed E-state index contributed by atoms with van der Waals surface area (Å²) in [5.41, 5.74) is 2.25. The molecule has 9 nitrogen and oxygen atoms in total. The van der Waals surface area contributed by atoms with Crippen molar-refractivity contribution in [3.05, 3.63) is 65.9 Å². The summed E-state index contributed by atoms with van der Waals surface area (Å²) in [6, 6.07) is 14.9. The van der Waals surface area contributed by atoms with Gasteiger partial charge in [-0.25, -0.2) is 4.98 Å². The molecule has 0 bridgehead atoms. The van der Waals surface area contributed by atoms with E-state index in [9.17, 15) is 4.79 Å². The van der Waals surface area contributed by atoms with Crippen molar-refractivity contribution in [2.75, 3.05) is 64.8 Å². The first-order valence-corrected chi connectivity index (χ1v) is 12.2. The molecular weight excluding hydrogens is 472 g/mol. The maximum absolute atomic E-state index is 12.7. The molecule has 1 aliphatic rings. The minimum Gasteiger partial charge on any atom is -0.497 e. The van der Waals surface area contributed by atoms with E-state index in [0.717, 1.165) is 62.0 Å². The summed E-state index contributed by atoms with van der Waals surface area (Å²) < 4.78 is 21.4. The number of ether oxygens (including phenoxy) is 4. The molecule has 0 saturated carbocycles. The number of rotatable bonds is 9. The zero-order valence-corrected chi connectivity index (χ0v) is 21.8. The van der Waals surface area contributed by atoms with Gasteiger partial charge in [0, 0.05) is 49.9 Å². The van der Waals surface area contributed by atoms with Crippen molar-refractivity contribution in [2.45, 2.75) is 13.0 Å². The van der Waals surface area contributed by atoms with Gasteiger partial charge in [-0.05, 0) is 42.8 Å². The third-order valence-corrected chi connectivity index (χ3v) is 6.45. The molecule has 2 heterocycles. The van der Waals surface area contributed by atoms with Gasteiger partial charge in [-0.15, -0.1) is 0 Å². The maximum atomic E-state index is 12.7. The van der Waals surface area contributed by atoms with E-state index in [4.69, 9.17) is 18.9 Å². The molecule has 0 atom stereocenters. The average Bonchev–Trinajstić information content (AvgIpc) is 3.18. The molecular formula is C28H34N4O5. The summed E-state index contributed by atoms with van der Waals surface area (Å²) in [6.45, 7) is 4.50. The fourth-order valence-electron chi connectivity index (χ4n) is 4.41. The van der Waals surface area contributed by atoms with Crippen LogP contribution in [0.2, 0.25) is 0 Å². The quantitative estimate of drug-likeness (QED) is 0.465. The second-order valence-electron chi connectivity index (χ2n) is 8.72. The van der Waals surface area contributed by atoms with Gasteiger partial charge in [0.05, 0.1) is 40.3 Å². The number of aromatic nitrogens is 1. The van der Waals surface area contributed by atoms with E-state index in [0.29, 0.717) is 22.7 Å². The topological polar surface area (TPSA) is 85.4 Å². The minimum absolute atomic E-state index is 0.241. The highest BCUT2D eigenvalue weighted by atomic mass is 16.5. The summed E-state index contributed by atoms with van der Waals surface area (Å²) in [5, 5.41) is 2.90. The Hall–Kier alpha value is -3.98. The number of carbonyl (C=O) groups is 1. The van der Waals surface area contributed by atoms with Gasteiger partial charge in [-0.2, -0.15) is 0 Å². The normalized spacial score (nSPS) is 14.0. The van der Waals surface area contributed by atoms with Gasteiger partial charge < -0.3 is 29.2 Å². The van der Waals surface area contributed by atoms with Crippen molar-refractivity contribution in [3.63, 3.8) is 0 Å². The van der Waals surface area contributed by atoms with Gasteiger partial charge in [0.2, 0.25) is 0 Å². The third-order valence-electron chi connectivity index (χ3n) is 6.45. The van der Waals surface area contributed by atoms with Crippen LogP contribution < -0.4 is 29.2 Å². The molecule has 4 rings (SSSR count). The fourth-order valence-corrected chi connectivity index (χ4v) is 4.41. The van der Waals surface area contributed by atoms with Crippen LogP contribution >= 0.6 is 0 Å². The van der Waals surface area contributed by atoms with Crippen LogP contribution in [0.15, 0.2) is 54.7 Å². The molecule has 3 aromatic rings. The average molecular weight is 507 g/mol. The molecule has 1 aliphatic heterocycles. The lowest BCUT2D eigenvalue weighted by molar-refractivity contribution is 0.102. The van der Waals surface area contributed by atoms with Crippen molar-refractivity contribution >= 4 is 17.4 Å². The van der Waals surface area contributed by atoms with Crippen molar-refractivity contribution in [3.8, 4) is 23.0 Å². The predicted octanol–water partition coefficient (Wildman–Crippen LogP) is 4.08. The number of benzene rings is 2. The Morgan fingerprint density at radius 3 is 2.35 bits per heavy atom. The number of nitrogens with zero attached hydrogens (tertiary/aromatic N) is 3. The van der Waals surface area contributed by atoms with E-state index in [2.05, 4.69) is 26.2 Å². The summed E-state index contributed by atoms with van der Waals surface area (Å²) in [5.74, 6) is 3.36. The Bertz CT molecular complexity index is 1200. The maximum Gasteiger partial charge on any atom is 0.255 e. The van der Waals surface area contributed by atoms with Crippen LogP contribution in [0.4, 0.5) is 11.5 Å². The number of anilines is 2. The lowest BCUT2D eigenvalue weighted by atomic mass is 10.1. The Morgan fingerprint density at radius 2 is 1.65 bits per heavy atom. The highest BCUT2D eigenvalue weighted by Gasteiger charge is 2.18. The molecule has 1 N–H and O–H groups in total. The van der Waals surface area contributed by atoms with Gasteiger partial charge in [0.1, 0.15) is 17.3 Å². The number of methoxy groups -OCH3 is 4. The first kappa shape index (κ1) is 26.1. The summed E-state index contributed by atoms with van der Waals surface area (Å²) in [4.78, 5) is 22.1.